The Hall–Kier alpha value is -5.24. The number of hydrogen-bond acceptors (Lipinski definition) is 9. The predicted octanol–water partition coefficient (Wildman–Crippen LogP) is 7.32. The molecule has 5 aromatic rings. The van der Waals surface area contributed by atoms with Crippen LogP contribution >= 0.6 is 11.6 Å². The normalized spacial score (nSPS) is 14.7. The minimum atomic E-state index is -0.758. The van der Waals surface area contributed by atoms with Gasteiger partial charge in [0.2, 0.25) is 5.62 Å². The summed E-state index contributed by atoms with van der Waals surface area (Å²) in [5.41, 5.74) is 3.49. The second-order valence-electron chi connectivity index (χ2n) is 14.4. The molecule has 1 aliphatic rings. The van der Waals surface area contributed by atoms with Gasteiger partial charge in [-0.05, 0) is 84.7 Å². The molecule has 268 valence electrons. The zero-order valence-corrected chi connectivity index (χ0v) is 30.5. The number of halogens is 1. The third-order valence-electron chi connectivity index (χ3n) is 8.40. The van der Waals surface area contributed by atoms with Crippen LogP contribution in [0.1, 0.15) is 66.0 Å². The maximum Gasteiger partial charge on any atom is 0.437 e. The van der Waals surface area contributed by atoms with Gasteiger partial charge >= 0.3 is 17.9 Å². The maximum absolute atomic E-state index is 13.4. The van der Waals surface area contributed by atoms with Crippen LogP contribution in [-0.4, -0.2) is 72.6 Å². The summed E-state index contributed by atoms with van der Waals surface area (Å²) in [5.74, 6) is 0. The quantitative estimate of drug-likeness (QED) is 0.165. The number of imidazole rings is 1. The van der Waals surface area contributed by atoms with E-state index in [9.17, 15) is 14.5 Å². The Morgan fingerprint density at radius 3 is 2.25 bits per heavy atom. The van der Waals surface area contributed by atoms with Crippen molar-refractivity contribution in [2.45, 2.75) is 78.2 Å². The second-order valence-corrected chi connectivity index (χ2v) is 14.8. The van der Waals surface area contributed by atoms with E-state index < -0.39 is 23.4 Å². The van der Waals surface area contributed by atoms with Gasteiger partial charge in [0.1, 0.15) is 27.9 Å². The van der Waals surface area contributed by atoms with Gasteiger partial charge in [-0.2, -0.15) is 0 Å². The summed E-state index contributed by atoms with van der Waals surface area (Å²) in [7, 11) is 1.32. The Bertz CT molecular complexity index is 2200. The molecule has 0 N–H and O–H groups in total. The van der Waals surface area contributed by atoms with Gasteiger partial charge in [0, 0.05) is 35.8 Å². The minimum absolute atomic E-state index is 0.0640. The number of carbonyl (C=O) groups is 2. The number of hydrogen-bond donors (Lipinski definition) is 0. The van der Waals surface area contributed by atoms with Crippen LogP contribution in [0.5, 0.6) is 0 Å². The molecular formula is C36H42ClN8O6+. The van der Waals surface area contributed by atoms with Crippen LogP contribution in [0.2, 0.25) is 5.02 Å². The first kappa shape index (κ1) is 35.6. The molecule has 0 saturated carbocycles. The molecule has 1 aliphatic heterocycles. The second kappa shape index (κ2) is 13.8. The van der Waals surface area contributed by atoms with E-state index in [1.54, 1.807) is 65.8 Å². The summed E-state index contributed by atoms with van der Waals surface area (Å²) in [5, 5.41) is 9.01. The Morgan fingerprint density at radius 1 is 0.922 bits per heavy atom. The standard InChI is InChI=1S/C36H42ClN8O6/c1-35(2,3)50-33(46)38-32-42(22-23-11-10-14-29-31(23)39-40-44(29)34(47)51-36(4,5)6)26-12-8-9-13-27(26)43(32)25-17-19-41(20-18-25)30-21-24(37)15-16-28(30)45(48)49-7/h8-16,21,25H,17-20,22H2,1-7H3/q+1. The number of fused-ring (bicyclic) bond motifs is 2. The van der Waals surface area contributed by atoms with Gasteiger partial charge in [0.05, 0.1) is 22.5 Å². The molecular weight excluding hydrogens is 676 g/mol. The molecule has 0 atom stereocenters. The Morgan fingerprint density at radius 2 is 1.59 bits per heavy atom. The maximum atomic E-state index is 13.4. The van der Waals surface area contributed by atoms with Crippen molar-refractivity contribution in [2.75, 3.05) is 25.1 Å². The summed E-state index contributed by atoms with van der Waals surface area (Å²) >= 11 is 6.35. The number of aromatic nitrogens is 5. The molecule has 3 aromatic carbocycles. The number of anilines is 1. The molecule has 0 aliphatic carbocycles. The number of benzene rings is 3. The predicted molar refractivity (Wildman–Crippen MR) is 192 cm³/mol. The van der Waals surface area contributed by atoms with Crippen molar-refractivity contribution in [1.29, 1.82) is 0 Å². The lowest BCUT2D eigenvalue weighted by Crippen LogP contribution is -2.39. The molecule has 0 bridgehead atoms. The number of carbonyl (C=O) groups excluding carboxylic acids is 2. The minimum Gasteiger partial charge on any atom is -0.442 e. The summed E-state index contributed by atoms with van der Waals surface area (Å²) in [6, 6.07) is 18.4. The molecule has 0 spiro atoms. The van der Waals surface area contributed by atoms with Crippen molar-refractivity contribution >= 4 is 57.2 Å². The lowest BCUT2D eigenvalue weighted by molar-refractivity contribution is -0.736. The first-order chi connectivity index (χ1) is 24.1. The first-order valence-corrected chi connectivity index (χ1v) is 17.1. The number of nitrogens with zero attached hydrogens (tertiary/aromatic N) is 8. The van der Waals surface area contributed by atoms with E-state index in [-0.39, 0.29) is 12.6 Å². The van der Waals surface area contributed by atoms with Crippen molar-refractivity contribution in [3.63, 3.8) is 0 Å². The van der Waals surface area contributed by atoms with Crippen LogP contribution in [0.3, 0.4) is 0 Å². The van der Waals surface area contributed by atoms with Gasteiger partial charge in [0.25, 0.3) is 4.92 Å². The van der Waals surface area contributed by atoms with Gasteiger partial charge in [-0.25, -0.2) is 14.4 Å². The molecule has 0 unspecified atom stereocenters. The lowest BCUT2D eigenvalue weighted by atomic mass is 10.0. The van der Waals surface area contributed by atoms with Crippen molar-refractivity contribution in [3.05, 3.63) is 81.8 Å². The molecule has 15 heteroatoms. The zero-order valence-electron chi connectivity index (χ0n) is 29.8. The third kappa shape index (κ3) is 7.60. The van der Waals surface area contributed by atoms with E-state index in [2.05, 4.69) is 24.8 Å². The highest BCUT2D eigenvalue weighted by molar-refractivity contribution is 6.31. The molecule has 51 heavy (non-hydrogen) atoms. The van der Waals surface area contributed by atoms with Gasteiger partial charge in [-0.1, -0.05) is 41.1 Å². The average Bonchev–Trinajstić information content (AvgIpc) is 3.63. The highest BCUT2D eigenvalue weighted by Gasteiger charge is 2.31. The van der Waals surface area contributed by atoms with Crippen LogP contribution in [-0.2, 0) is 20.9 Å². The van der Waals surface area contributed by atoms with E-state index in [4.69, 9.17) is 25.9 Å². The summed E-state index contributed by atoms with van der Waals surface area (Å²) < 4.78 is 16.5. The van der Waals surface area contributed by atoms with E-state index >= 15 is 0 Å². The fourth-order valence-corrected chi connectivity index (χ4v) is 6.51. The number of para-hydroxylation sites is 2. The van der Waals surface area contributed by atoms with E-state index in [0.717, 1.165) is 21.3 Å². The molecule has 1 fully saturated rings. The molecule has 6 rings (SSSR count). The van der Waals surface area contributed by atoms with Gasteiger partial charge < -0.3 is 23.5 Å². The highest BCUT2D eigenvalue weighted by atomic mass is 35.5. The smallest absolute Gasteiger partial charge is 0.437 e. The molecule has 1 amide bonds. The van der Waals surface area contributed by atoms with Gasteiger partial charge in [-0.15, -0.1) is 14.8 Å². The molecule has 2 aromatic heterocycles. The lowest BCUT2D eigenvalue weighted by Gasteiger charge is -2.34. The van der Waals surface area contributed by atoms with E-state index in [1.165, 1.54) is 7.11 Å². The number of amides is 1. The van der Waals surface area contributed by atoms with Crippen LogP contribution in [0, 0.1) is 4.91 Å². The van der Waals surface area contributed by atoms with E-state index in [0.29, 0.717) is 63.9 Å². The Labute approximate surface area is 299 Å². The number of ether oxygens (including phenoxy) is 2. The zero-order chi connectivity index (χ0) is 36.7. The average molecular weight is 718 g/mol. The van der Waals surface area contributed by atoms with E-state index in [1.807, 2.05) is 41.0 Å². The SMILES string of the molecule is CO[N+](=O)c1ccc(Cl)cc1N1CCC(n2c(=NC(=O)OC(C)(C)C)n(Cc3cccc4c3nnn4C(=O)OC(C)(C)C)c3ccccc32)CC1. The molecule has 3 heterocycles. The van der Waals surface area contributed by atoms with Crippen molar-refractivity contribution in [2.24, 2.45) is 4.99 Å². The monoisotopic (exact) mass is 717 g/mol. The van der Waals surface area contributed by atoms with Crippen molar-refractivity contribution in [1.82, 2.24) is 24.1 Å². The Kier molecular flexibility index (Phi) is 9.64. The number of piperidine rings is 1. The van der Waals surface area contributed by atoms with Crippen LogP contribution in [0.15, 0.2) is 65.7 Å². The summed E-state index contributed by atoms with van der Waals surface area (Å²) in [6.07, 6.45) is -0.000787. The van der Waals surface area contributed by atoms with Crippen molar-refractivity contribution < 1.29 is 28.8 Å². The van der Waals surface area contributed by atoms with Crippen LogP contribution < -0.4 is 10.5 Å². The topological polar surface area (TPSA) is 138 Å². The molecule has 0 radical (unpaired) electrons. The van der Waals surface area contributed by atoms with Gasteiger partial charge in [-0.3, -0.25) is 0 Å². The highest BCUT2D eigenvalue weighted by Crippen LogP contribution is 2.36. The third-order valence-corrected chi connectivity index (χ3v) is 8.63. The van der Waals surface area contributed by atoms with Gasteiger partial charge in [0.15, 0.2) is 7.11 Å². The van der Waals surface area contributed by atoms with Crippen LogP contribution in [0.25, 0.3) is 22.1 Å². The molecule has 14 nitrogen and oxygen atoms in total. The fourth-order valence-electron chi connectivity index (χ4n) is 6.35. The largest absolute Gasteiger partial charge is 0.442 e. The fraction of sp³-hybridized carbons (Fsp3) is 0.417. The first-order valence-electron chi connectivity index (χ1n) is 16.7. The Balaban J connectivity index is 1.43. The molecule has 1 saturated heterocycles. The summed E-state index contributed by atoms with van der Waals surface area (Å²) in [4.78, 5) is 51.0. The van der Waals surface area contributed by atoms with Crippen LogP contribution in [0.4, 0.5) is 21.0 Å². The van der Waals surface area contributed by atoms with Crippen molar-refractivity contribution in [3.8, 4) is 0 Å². The number of rotatable bonds is 6. The summed E-state index contributed by atoms with van der Waals surface area (Å²) in [6.45, 7) is 12.2.